The molecule has 3 aromatic rings. The Balaban J connectivity index is 1.66. The van der Waals surface area contributed by atoms with Gasteiger partial charge in [0.25, 0.3) is 5.56 Å². The van der Waals surface area contributed by atoms with Crippen molar-refractivity contribution in [1.82, 2.24) is 9.97 Å². The molecule has 2 N–H and O–H groups in total. The molecule has 9 heteroatoms. The number of carbonyl (C=O) groups is 1. The maximum atomic E-state index is 13.0. The van der Waals surface area contributed by atoms with Crippen molar-refractivity contribution in [2.75, 3.05) is 19.0 Å². The molecule has 7 nitrogen and oxygen atoms in total. The predicted octanol–water partition coefficient (Wildman–Crippen LogP) is 4.60. The predicted molar refractivity (Wildman–Crippen MR) is 125 cm³/mol. The monoisotopic (exact) mass is 471 g/mol. The van der Waals surface area contributed by atoms with E-state index in [9.17, 15) is 9.59 Å². The maximum absolute atomic E-state index is 13.0. The van der Waals surface area contributed by atoms with Crippen LogP contribution in [0.15, 0.2) is 52.4 Å². The normalized spacial score (nSPS) is 15.1. The smallest absolute Gasteiger partial charge is 0.257 e. The van der Waals surface area contributed by atoms with E-state index >= 15 is 0 Å². The maximum Gasteiger partial charge on any atom is 0.257 e. The van der Waals surface area contributed by atoms with Crippen molar-refractivity contribution < 1.29 is 14.3 Å². The van der Waals surface area contributed by atoms with E-state index < -0.39 is 5.92 Å². The lowest BCUT2D eigenvalue weighted by Gasteiger charge is -2.25. The minimum atomic E-state index is -0.442. The van der Waals surface area contributed by atoms with Crippen LogP contribution in [0.2, 0.25) is 5.02 Å². The summed E-state index contributed by atoms with van der Waals surface area (Å²) in [6.07, 6.45) is 0.140. The summed E-state index contributed by atoms with van der Waals surface area (Å²) >= 11 is 7.56. The number of amides is 1. The van der Waals surface area contributed by atoms with Crippen LogP contribution in [0, 0.1) is 0 Å². The van der Waals surface area contributed by atoms with Crippen molar-refractivity contribution in [3.63, 3.8) is 0 Å². The molecular formula is C23H22ClN3O4S. The van der Waals surface area contributed by atoms with Crippen LogP contribution in [0.25, 0.3) is 0 Å². The first-order chi connectivity index (χ1) is 15.5. The second-order valence-electron chi connectivity index (χ2n) is 7.16. The van der Waals surface area contributed by atoms with Crippen LogP contribution in [-0.2, 0) is 10.5 Å². The molecule has 0 saturated carbocycles. The molecule has 0 bridgehead atoms. The van der Waals surface area contributed by atoms with Crippen molar-refractivity contribution >= 4 is 35.1 Å². The van der Waals surface area contributed by atoms with Gasteiger partial charge in [-0.1, -0.05) is 47.6 Å². The minimum absolute atomic E-state index is 0.140. The molecule has 1 unspecified atom stereocenters. The van der Waals surface area contributed by atoms with Gasteiger partial charge < -0.3 is 19.8 Å². The van der Waals surface area contributed by atoms with E-state index in [2.05, 4.69) is 15.3 Å². The minimum Gasteiger partial charge on any atom is -0.493 e. The number of fused-ring (bicyclic) bond motifs is 1. The molecule has 2 aromatic carbocycles. The van der Waals surface area contributed by atoms with Gasteiger partial charge in [0.1, 0.15) is 5.82 Å². The Morgan fingerprint density at radius 3 is 2.75 bits per heavy atom. The Bertz CT molecular complexity index is 1210. The third-order valence-electron chi connectivity index (χ3n) is 5.14. The topological polar surface area (TPSA) is 93.3 Å². The average Bonchev–Trinajstić information content (AvgIpc) is 2.78. The van der Waals surface area contributed by atoms with Gasteiger partial charge in [-0.15, -0.1) is 0 Å². The molecule has 0 aliphatic carbocycles. The van der Waals surface area contributed by atoms with E-state index in [0.29, 0.717) is 39.6 Å². The van der Waals surface area contributed by atoms with Gasteiger partial charge in [0.05, 0.1) is 19.3 Å². The fourth-order valence-corrected chi connectivity index (χ4v) is 4.79. The summed E-state index contributed by atoms with van der Waals surface area (Å²) < 4.78 is 11.0. The molecule has 166 valence electrons. The summed E-state index contributed by atoms with van der Waals surface area (Å²) in [6, 6.07) is 12.9. The van der Waals surface area contributed by atoms with Crippen LogP contribution in [0.3, 0.4) is 0 Å². The van der Waals surface area contributed by atoms with Crippen molar-refractivity contribution in [3.05, 3.63) is 74.5 Å². The van der Waals surface area contributed by atoms with E-state index in [-0.39, 0.29) is 23.7 Å². The molecule has 2 heterocycles. The highest BCUT2D eigenvalue weighted by Gasteiger charge is 2.31. The lowest BCUT2D eigenvalue weighted by Crippen LogP contribution is -2.31. The summed E-state index contributed by atoms with van der Waals surface area (Å²) in [4.78, 5) is 32.8. The van der Waals surface area contributed by atoms with E-state index in [1.807, 2.05) is 37.3 Å². The number of benzene rings is 2. The van der Waals surface area contributed by atoms with Crippen molar-refractivity contribution in [2.24, 2.45) is 0 Å². The molecule has 0 spiro atoms. The summed E-state index contributed by atoms with van der Waals surface area (Å²) in [7, 11) is 1.56. The molecule has 1 aromatic heterocycles. The number of halogens is 1. The second-order valence-corrected chi connectivity index (χ2v) is 8.53. The first kappa shape index (κ1) is 22.2. The summed E-state index contributed by atoms with van der Waals surface area (Å²) in [5, 5.41) is 3.81. The zero-order valence-electron chi connectivity index (χ0n) is 17.6. The highest BCUT2D eigenvalue weighted by atomic mass is 35.5. The number of hydrogen-bond acceptors (Lipinski definition) is 6. The van der Waals surface area contributed by atoms with Gasteiger partial charge >= 0.3 is 0 Å². The average molecular weight is 472 g/mol. The van der Waals surface area contributed by atoms with Gasteiger partial charge in [-0.25, -0.2) is 4.98 Å². The molecule has 32 heavy (non-hydrogen) atoms. The van der Waals surface area contributed by atoms with Gasteiger partial charge in [0, 0.05) is 23.1 Å². The van der Waals surface area contributed by atoms with Crippen LogP contribution in [-0.4, -0.2) is 29.6 Å². The molecule has 0 saturated heterocycles. The zero-order valence-corrected chi connectivity index (χ0v) is 19.2. The lowest BCUT2D eigenvalue weighted by atomic mass is 9.86. The first-order valence-electron chi connectivity index (χ1n) is 10.1. The molecule has 0 radical (unpaired) electrons. The number of hydrogen-bond donors (Lipinski definition) is 2. The standard InChI is InChI=1S/C23H22ClN3O4S/c1-3-31-17-9-8-13(10-18(17)30-2)15-11-19(28)25-21-20(15)22(29)27-23(26-21)32-12-14-6-4-5-7-16(14)24/h4-10,15H,3,11-12H2,1-2H3,(H2,25,26,27,28,29). The summed E-state index contributed by atoms with van der Waals surface area (Å²) in [5.41, 5.74) is 1.86. The SMILES string of the molecule is CCOc1ccc(C2CC(=O)Nc3nc(SCc4ccccc4Cl)[nH]c(=O)c32)cc1OC. The third kappa shape index (κ3) is 4.61. The zero-order chi connectivity index (χ0) is 22.7. The highest BCUT2D eigenvalue weighted by Crippen LogP contribution is 2.38. The Morgan fingerprint density at radius 1 is 1.19 bits per heavy atom. The van der Waals surface area contributed by atoms with Gasteiger partial charge in [-0.3, -0.25) is 9.59 Å². The van der Waals surface area contributed by atoms with Crippen LogP contribution < -0.4 is 20.3 Å². The first-order valence-corrected chi connectivity index (χ1v) is 11.5. The number of ether oxygens (including phenoxy) is 2. The quantitative estimate of drug-likeness (QED) is 0.386. The summed E-state index contributed by atoms with van der Waals surface area (Å²) in [6.45, 7) is 2.39. The van der Waals surface area contributed by atoms with Gasteiger partial charge in [-0.05, 0) is 36.2 Å². The Morgan fingerprint density at radius 2 is 2.00 bits per heavy atom. The van der Waals surface area contributed by atoms with Crippen LogP contribution in [0.4, 0.5) is 5.82 Å². The van der Waals surface area contributed by atoms with Gasteiger partial charge in [0.15, 0.2) is 16.7 Å². The molecule has 1 aliphatic rings. The van der Waals surface area contributed by atoms with Crippen molar-refractivity contribution in [2.45, 2.75) is 30.2 Å². The number of thioether (sulfide) groups is 1. The number of carbonyl (C=O) groups excluding carboxylic acids is 1. The van der Waals surface area contributed by atoms with Gasteiger partial charge in [0.2, 0.25) is 5.91 Å². The van der Waals surface area contributed by atoms with Crippen LogP contribution in [0.5, 0.6) is 11.5 Å². The number of methoxy groups -OCH3 is 1. The van der Waals surface area contributed by atoms with Crippen molar-refractivity contribution in [1.29, 1.82) is 0 Å². The van der Waals surface area contributed by atoms with E-state index in [1.54, 1.807) is 19.2 Å². The molecule has 0 fully saturated rings. The highest BCUT2D eigenvalue weighted by molar-refractivity contribution is 7.98. The molecule has 4 rings (SSSR count). The van der Waals surface area contributed by atoms with Gasteiger partial charge in [-0.2, -0.15) is 0 Å². The molecule has 1 amide bonds. The Hall–Kier alpha value is -2.97. The molecule has 1 atom stereocenters. The number of aromatic amines is 1. The number of anilines is 1. The Kier molecular flexibility index (Phi) is 6.72. The second kappa shape index (κ2) is 9.67. The number of nitrogens with zero attached hydrogens (tertiary/aromatic N) is 1. The largest absolute Gasteiger partial charge is 0.493 e. The fourth-order valence-electron chi connectivity index (χ4n) is 3.64. The Labute approximate surface area is 194 Å². The number of nitrogens with one attached hydrogen (secondary N) is 2. The number of aromatic nitrogens is 2. The number of rotatable bonds is 7. The van der Waals surface area contributed by atoms with Crippen LogP contribution >= 0.6 is 23.4 Å². The van der Waals surface area contributed by atoms with E-state index in [4.69, 9.17) is 21.1 Å². The summed E-state index contributed by atoms with van der Waals surface area (Å²) in [5.74, 6) is 1.34. The van der Waals surface area contributed by atoms with Crippen molar-refractivity contribution in [3.8, 4) is 11.5 Å². The third-order valence-corrected chi connectivity index (χ3v) is 6.43. The fraction of sp³-hybridized carbons (Fsp3) is 0.261. The molecule has 1 aliphatic heterocycles. The van der Waals surface area contributed by atoms with E-state index in [0.717, 1.165) is 11.1 Å². The van der Waals surface area contributed by atoms with Crippen LogP contribution in [0.1, 0.15) is 36.0 Å². The molecular weight excluding hydrogens is 450 g/mol. The van der Waals surface area contributed by atoms with E-state index in [1.165, 1.54) is 11.8 Å². The number of H-pyrrole nitrogens is 1. The lowest BCUT2D eigenvalue weighted by molar-refractivity contribution is -0.116.